The SMILES string of the molecule is Cc1ccccc1COc1cccnc1NC(=O)Nc1ccc(Cl)cc1. The fraction of sp³-hybridized carbons (Fsp3) is 0.100. The first-order valence-corrected chi connectivity index (χ1v) is 8.45. The molecule has 0 aliphatic rings. The van der Waals surface area contributed by atoms with Crippen LogP contribution >= 0.6 is 11.6 Å². The number of benzene rings is 2. The first kappa shape index (κ1) is 17.8. The highest BCUT2D eigenvalue weighted by atomic mass is 35.5. The van der Waals surface area contributed by atoms with Crippen LogP contribution in [-0.4, -0.2) is 11.0 Å². The van der Waals surface area contributed by atoms with E-state index in [1.807, 2.05) is 31.2 Å². The van der Waals surface area contributed by atoms with Crippen molar-refractivity contribution in [1.82, 2.24) is 4.98 Å². The maximum atomic E-state index is 12.2. The summed E-state index contributed by atoms with van der Waals surface area (Å²) in [7, 11) is 0. The van der Waals surface area contributed by atoms with Crippen LogP contribution in [0.15, 0.2) is 66.9 Å². The molecule has 5 nitrogen and oxygen atoms in total. The topological polar surface area (TPSA) is 63.2 Å². The van der Waals surface area contributed by atoms with Gasteiger partial charge >= 0.3 is 6.03 Å². The first-order chi connectivity index (χ1) is 12.6. The van der Waals surface area contributed by atoms with Crippen LogP contribution in [0, 0.1) is 6.92 Å². The summed E-state index contributed by atoms with van der Waals surface area (Å²) in [5.41, 5.74) is 2.85. The molecule has 3 rings (SSSR count). The molecule has 3 aromatic rings. The monoisotopic (exact) mass is 367 g/mol. The average molecular weight is 368 g/mol. The summed E-state index contributed by atoms with van der Waals surface area (Å²) in [6.45, 7) is 2.42. The van der Waals surface area contributed by atoms with Crippen LogP contribution in [0.3, 0.4) is 0 Å². The lowest BCUT2D eigenvalue weighted by Gasteiger charge is -2.13. The average Bonchev–Trinajstić information content (AvgIpc) is 2.64. The number of ether oxygens (including phenoxy) is 1. The number of amides is 2. The van der Waals surface area contributed by atoms with Gasteiger partial charge in [-0.05, 0) is 54.4 Å². The Hall–Kier alpha value is -3.05. The second kappa shape index (κ2) is 8.36. The van der Waals surface area contributed by atoms with E-state index in [1.54, 1.807) is 42.6 Å². The molecule has 0 spiro atoms. The van der Waals surface area contributed by atoms with Crippen molar-refractivity contribution in [3.8, 4) is 5.75 Å². The Morgan fingerprint density at radius 2 is 1.81 bits per heavy atom. The number of urea groups is 1. The molecule has 2 amide bonds. The van der Waals surface area contributed by atoms with Gasteiger partial charge in [-0.1, -0.05) is 35.9 Å². The molecule has 26 heavy (non-hydrogen) atoms. The molecular formula is C20H18ClN3O2. The van der Waals surface area contributed by atoms with Crippen molar-refractivity contribution < 1.29 is 9.53 Å². The molecule has 0 fully saturated rings. The molecule has 0 radical (unpaired) electrons. The third-order valence-corrected chi connectivity index (χ3v) is 4.00. The molecule has 6 heteroatoms. The van der Waals surface area contributed by atoms with Crippen LogP contribution in [0.5, 0.6) is 5.75 Å². The summed E-state index contributed by atoms with van der Waals surface area (Å²) in [5.74, 6) is 0.856. The van der Waals surface area contributed by atoms with E-state index < -0.39 is 6.03 Å². The molecule has 132 valence electrons. The second-order valence-electron chi connectivity index (χ2n) is 5.65. The number of nitrogens with zero attached hydrogens (tertiary/aromatic N) is 1. The van der Waals surface area contributed by atoms with Crippen LogP contribution < -0.4 is 15.4 Å². The Bertz CT molecular complexity index is 898. The Kier molecular flexibility index (Phi) is 5.71. The van der Waals surface area contributed by atoms with E-state index in [4.69, 9.17) is 16.3 Å². The van der Waals surface area contributed by atoms with Gasteiger partial charge in [-0.2, -0.15) is 0 Å². The number of halogens is 1. The van der Waals surface area contributed by atoms with Crippen molar-refractivity contribution >= 4 is 29.1 Å². The minimum absolute atomic E-state index is 0.354. The number of aryl methyl sites for hydroxylation is 1. The van der Waals surface area contributed by atoms with Gasteiger partial charge in [0, 0.05) is 16.9 Å². The van der Waals surface area contributed by atoms with Gasteiger partial charge in [0.05, 0.1) is 0 Å². The van der Waals surface area contributed by atoms with E-state index in [-0.39, 0.29) is 0 Å². The molecule has 0 saturated heterocycles. The van der Waals surface area contributed by atoms with Crippen molar-refractivity contribution in [2.75, 3.05) is 10.6 Å². The third kappa shape index (κ3) is 4.74. The van der Waals surface area contributed by atoms with Gasteiger partial charge in [-0.3, -0.25) is 5.32 Å². The largest absolute Gasteiger partial charge is 0.485 e. The van der Waals surface area contributed by atoms with Gasteiger partial charge in [0.25, 0.3) is 0 Å². The van der Waals surface area contributed by atoms with E-state index in [2.05, 4.69) is 15.6 Å². The first-order valence-electron chi connectivity index (χ1n) is 8.08. The highest BCUT2D eigenvalue weighted by Gasteiger charge is 2.10. The summed E-state index contributed by atoms with van der Waals surface area (Å²) in [4.78, 5) is 16.4. The molecule has 0 atom stereocenters. The van der Waals surface area contributed by atoms with Gasteiger partial charge in [-0.15, -0.1) is 0 Å². The van der Waals surface area contributed by atoms with Gasteiger partial charge in [0.1, 0.15) is 6.61 Å². The maximum Gasteiger partial charge on any atom is 0.324 e. The Labute approximate surface area is 157 Å². The quantitative estimate of drug-likeness (QED) is 0.646. The number of anilines is 2. The van der Waals surface area contributed by atoms with E-state index in [0.29, 0.717) is 28.9 Å². The van der Waals surface area contributed by atoms with E-state index in [1.165, 1.54) is 0 Å². The zero-order chi connectivity index (χ0) is 18.4. The number of carbonyl (C=O) groups is 1. The lowest BCUT2D eigenvalue weighted by molar-refractivity contribution is 0.261. The van der Waals surface area contributed by atoms with Gasteiger partial charge in [0.15, 0.2) is 11.6 Å². The molecule has 1 heterocycles. The Morgan fingerprint density at radius 1 is 1.04 bits per heavy atom. The zero-order valence-electron chi connectivity index (χ0n) is 14.2. The van der Waals surface area contributed by atoms with Crippen molar-refractivity contribution in [3.63, 3.8) is 0 Å². The molecule has 0 saturated carbocycles. The summed E-state index contributed by atoms with van der Waals surface area (Å²) in [6, 6.07) is 17.9. The second-order valence-corrected chi connectivity index (χ2v) is 6.09. The Balaban J connectivity index is 1.65. The van der Waals surface area contributed by atoms with E-state index in [0.717, 1.165) is 11.1 Å². The van der Waals surface area contributed by atoms with Crippen molar-refractivity contribution in [2.24, 2.45) is 0 Å². The number of rotatable bonds is 5. The normalized spacial score (nSPS) is 10.2. The minimum Gasteiger partial charge on any atom is -0.485 e. The molecule has 0 aliphatic heterocycles. The van der Waals surface area contributed by atoms with Crippen LogP contribution in [0.25, 0.3) is 0 Å². The predicted octanol–water partition coefficient (Wildman–Crippen LogP) is 5.27. The minimum atomic E-state index is -0.410. The maximum absolute atomic E-state index is 12.2. The van der Waals surface area contributed by atoms with Gasteiger partial charge < -0.3 is 10.1 Å². The van der Waals surface area contributed by atoms with Gasteiger partial charge in [-0.25, -0.2) is 9.78 Å². The number of aromatic nitrogens is 1. The number of hydrogen-bond donors (Lipinski definition) is 2. The van der Waals surface area contributed by atoms with Gasteiger partial charge in [0.2, 0.25) is 0 Å². The molecule has 0 unspecified atom stereocenters. The van der Waals surface area contributed by atoms with Crippen molar-refractivity contribution in [2.45, 2.75) is 13.5 Å². The predicted molar refractivity (Wildman–Crippen MR) is 104 cm³/mol. The number of carbonyl (C=O) groups excluding carboxylic acids is 1. The molecule has 0 bridgehead atoms. The lowest BCUT2D eigenvalue weighted by atomic mass is 10.1. The molecular weight excluding hydrogens is 350 g/mol. The van der Waals surface area contributed by atoms with E-state index in [9.17, 15) is 4.79 Å². The molecule has 0 aliphatic carbocycles. The van der Waals surface area contributed by atoms with Crippen LogP contribution in [0.4, 0.5) is 16.3 Å². The zero-order valence-corrected chi connectivity index (χ0v) is 15.0. The standard InChI is InChI=1S/C20H18ClN3O2/c1-14-5-2-3-6-15(14)13-26-18-7-4-12-22-19(18)24-20(25)23-17-10-8-16(21)9-11-17/h2-12H,13H2,1H3,(H2,22,23,24,25). The number of nitrogens with one attached hydrogen (secondary N) is 2. The van der Waals surface area contributed by atoms with Crippen molar-refractivity contribution in [1.29, 1.82) is 0 Å². The fourth-order valence-corrected chi connectivity index (χ4v) is 2.46. The molecule has 2 N–H and O–H groups in total. The third-order valence-electron chi connectivity index (χ3n) is 3.75. The summed E-state index contributed by atoms with van der Waals surface area (Å²) < 4.78 is 5.85. The van der Waals surface area contributed by atoms with Crippen LogP contribution in [-0.2, 0) is 6.61 Å². The van der Waals surface area contributed by atoms with E-state index >= 15 is 0 Å². The Morgan fingerprint density at radius 3 is 2.58 bits per heavy atom. The summed E-state index contributed by atoms with van der Waals surface area (Å²) in [6.07, 6.45) is 1.60. The summed E-state index contributed by atoms with van der Waals surface area (Å²) in [5, 5.41) is 6.03. The highest BCUT2D eigenvalue weighted by molar-refractivity contribution is 6.30. The summed E-state index contributed by atoms with van der Waals surface area (Å²) >= 11 is 5.84. The molecule has 1 aromatic heterocycles. The molecule has 2 aromatic carbocycles. The number of pyridine rings is 1. The number of hydrogen-bond acceptors (Lipinski definition) is 3. The van der Waals surface area contributed by atoms with Crippen molar-refractivity contribution in [3.05, 3.63) is 83.0 Å². The lowest BCUT2D eigenvalue weighted by Crippen LogP contribution is -2.20. The van der Waals surface area contributed by atoms with Crippen LogP contribution in [0.1, 0.15) is 11.1 Å². The van der Waals surface area contributed by atoms with Crippen LogP contribution in [0.2, 0.25) is 5.02 Å². The smallest absolute Gasteiger partial charge is 0.324 e. The fourth-order valence-electron chi connectivity index (χ4n) is 2.33. The highest BCUT2D eigenvalue weighted by Crippen LogP contribution is 2.23.